The molecule has 0 atom stereocenters. The Labute approximate surface area is 248 Å². The predicted molar refractivity (Wildman–Crippen MR) is 149 cm³/mol. The summed E-state index contributed by atoms with van der Waals surface area (Å²) in [4.78, 5) is 49.5. The van der Waals surface area contributed by atoms with Crippen LogP contribution in [0, 0.1) is 13.7 Å². The van der Waals surface area contributed by atoms with E-state index in [9.17, 15) is 37.7 Å². The highest BCUT2D eigenvalue weighted by Gasteiger charge is 2.37. The van der Waals surface area contributed by atoms with Crippen LogP contribution in [0.25, 0.3) is 6.08 Å². The summed E-state index contributed by atoms with van der Waals surface area (Å²) in [6.45, 7) is 1.73. The number of imide groups is 2. The molecule has 1 N–H and O–H groups in total. The summed E-state index contributed by atoms with van der Waals surface area (Å²) in [6.07, 6.45) is -3.60. The standard InChI is InChI=1S/C26H16ClF3IN3O7/c1-2-40-21-11-13(9-17-23(35)32-25(37)33(24(17)36)16-6-4-15(27)5-7-16)10-18(31)22(21)41-20-8-3-14(26(28,29)30)12-19(20)34(38)39/h3-12H,2H2,1H3,(H,32,35,37)/b17-9+. The summed E-state index contributed by atoms with van der Waals surface area (Å²) in [5.41, 5.74) is -2.09. The number of nitro groups is 1. The number of hydrogen-bond acceptors (Lipinski definition) is 7. The molecule has 41 heavy (non-hydrogen) atoms. The summed E-state index contributed by atoms with van der Waals surface area (Å²) in [7, 11) is 0. The average molecular weight is 702 g/mol. The van der Waals surface area contributed by atoms with Crippen molar-refractivity contribution in [2.45, 2.75) is 13.1 Å². The van der Waals surface area contributed by atoms with Crippen molar-refractivity contribution in [3.05, 3.63) is 90.0 Å². The van der Waals surface area contributed by atoms with E-state index in [-0.39, 0.29) is 38.5 Å². The van der Waals surface area contributed by atoms with Crippen LogP contribution in [0.2, 0.25) is 5.02 Å². The average Bonchev–Trinajstić information content (AvgIpc) is 2.89. The highest BCUT2D eigenvalue weighted by atomic mass is 127. The first-order valence-electron chi connectivity index (χ1n) is 11.5. The number of alkyl halides is 3. The SMILES string of the molecule is CCOc1cc(/C=C2\C(=O)NC(=O)N(c3ccc(Cl)cc3)C2=O)cc(I)c1Oc1ccc(C(F)(F)F)cc1[N+](=O)[O-]. The number of nitrogens with zero attached hydrogens (tertiary/aromatic N) is 2. The lowest BCUT2D eigenvalue weighted by Gasteiger charge is -2.26. The van der Waals surface area contributed by atoms with Crippen molar-refractivity contribution in [3.63, 3.8) is 0 Å². The fourth-order valence-electron chi connectivity index (χ4n) is 3.71. The van der Waals surface area contributed by atoms with Gasteiger partial charge in [-0.05, 0) is 89.7 Å². The van der Waals surface area contributed by atoms with Crippen LogP contribution in [-0.2, 0) is 15.8 Å². The van der Waals surface area contributed by atoms with Crippen LogP contribution in [0.1, 0.15) is 18.1 Å². The lowest BCUT2D eigenvalue weighted by molar-refractivity contribution is -0.385. The number of halogens is 5. The smallest absolute Gasteiger partial charge is 0.416 e. The summed E-state index contributed by atoms with van der Waals surface area (Å²) in [5.74, 6) is -2.34. The van der Waals surface area contributed by atoms with E-state index in [0.717, 1.165) is 11.0 Å². The third-order valence-electron chi connectivity index (χ3n) is 5.52. The third-order valence-corrected chi connectivity index (χ3v) is 6.58. The fraction of sp³-hybridized carbons (Fsp3) is 0.115. The number of carbonyl (C=O) groups excluding carboxylic acids is 3. The van der Waals surface area contributed by atoms with Gasteiger partial charge in [0.25, 0.3) is 11.8 Å². The van der Waals surface area contributed by atoms with Crippen LogP contribution >= 0.6 is 34.2 Å². The highest BCUT2D eigenvalue weighted by Crippen LogP contribution is 2.42. The number of barbiturate groups is 1. The molecule has 15 heteroatoms. The molecule has 1 fully saturated rings. The minimum Gasteiger partial charge on any atom is -0.490 e. The zero-order chi connectivity index (χ0) is 30.1. The molecular weight excluding hydrogens is 686 g/mol. The van der Waals surface area contributed by atoms with Crippen molar-refractivity contribution < 1.29 is 42.0 Å². The van der Waals surface area contributed by atoms with Gasteiger partial charge in [-0.3, -0.25) is 25.0 Å². The molecule has 0 bridgehead atoms. The maximum atomic E-state index is 13.2. The number of nitrogens with one attached hydrogen (secondary N) is 1. The number of rotatable bonds is 7. The lowest BCUT2D eigenvalue weighted by atomic mass is 10.1. The van der Waals surface area contributed by atoms with E-state index in [1.54, 1.807) is 29.5 Å². The highest BCUT2D eigenvalue weighted by molar-refractivity contribution is 14.1. The Kier molecular flexibility index (Phi) is 8.53. The molecule has 1 heterocycles. The van der Waals surface area contributed by atoms with E-state index < -0.39 is 45.9 Å². The van der Waals surface area contributed by atoms with Gasteiger partial charge in [-0.2, -0.15) is 13.2 Å². The maximum absolute atomic E-state index is 13.2. The van der Waals surface area contributed by atoms with E-state index in [1.807, 2.05) is 0 Å². The second-order valence-corrected chi connectivity index (χ2v) is 9.84. The van der Waals surface area contributed by atoms with E-state index in [1.165, 1.54) is 42.5 Å². The molecular formula is C26H16ClF3IN3O7. The minimum absolute atomic E-state index is 0.0229. The molecule has 4 amide bonds. The predicted octanol–water partition coefficient (Wildman–Crippen LogP) is 6.73. The summed E-state index contributed by atoms with van der Waals surface area (Å²) in [5, 5.41) is 14.0. The summed E-state index contributed by atoms with van der Waals surface area (Å²) in [6, 6.07) is 9.49. The molecule has 1 aliphatic rings. The summed E-state index contributed by atoms with van der Waals surface area (Å²) >= 11 is 7.68. The maximum Gasteiger partial charge on any atom is 0.416 e. The Morgan fingerprint density at radius 3 is 2.37 bits per heavy atom. The van der Waals surface area contributed by atoms with Crippen LogP contribution in [-0.4, -0.2) is 29.4 Å². The first kappa shape index (κ1) is 29.8. The minimum atomic E-state index is -4.81. The van der Waals surface area contributed by atoms with Gasteiger partial charge < -0.3 is 9.47 Å². The van der Waals surface area contributed by atoms with Crippen molar-refractivity contribution in [1.82, 2.24) is 5.32 Å². The van der Waals surface area contributed by atoms with Gasteiger partial charge in [0.15, 0.2) is 11.5 Å². The molecule has 212 valence electrons. The zero-order valence-corrected chi connectivity index (χ0v) is 23.5. The number of urea groups is 1. The van der Waals surface area contributed by atoms with Crippen molar-refractivity contribution in [1.29, 1.82) is 0 Å². The number of nitro benzene ring substituents is 1. The van der Waals surface area contributed by atoms with Crippen molar-refractivity contribution in [2.75, 3.05) is 11.5 Å². The molecule has 4 rings (SSSR count). The molecule has 0 unspecified atom stereocenters. The van der Waals surface area contributed by atoms with Gasteiger partial charge in [-0.15, -0.1) is 0 Å². The molecule has 0 radical (unpaired) electrons. The molecule has 1 aliphatic heterocycles. The monoisotopic (exact) mass is 701 g/mol. The van der Waals surface area contributed by atoms with Crippen molar-refractivity contribution >= 4 is 69.5 Å². The van der Waals surface area contributed by atoms with E-state index in [4.69, 9.17) is 21.1 Å². The second-order valence-electron chi connectivity index (χ2n) is 8.24. The van der Waals surface area contributed by atoms with Crippen LogP contribution < -0.4 is 19.7 Å². The Bertz CT molecular complexity index is 1610. The Morgan fingerprint density at radius 1 is 1.07 bits per heavy atom. The molecule has 3 aromatic carbocycles. The van der Waals surface area contributed by atoms with Gasteiger partial charge in [-0.25, -0.2) is 9.69 Å². The molecule has 3 aromatic rings. The van der Waals surface area contributed by atoms with E-state index in [0.29, 0.717) is 17.2 Å². The first-order chi connectivity index (χ1) is 19.3. The third kappa shape index (κ3) is 6.43. The Hall–Kier alpha value is -4.18. The Balaban J connectivity index is 1.74. The van der Waals surface area contributed by atoms with Gasteiger partial charge in [0.05, 0.1) is 26.4 Å². The normalized spacial score (nSPS) is 14.7. The van der Waals surface area contributed by atoms with Crippen LogP contribution in [0.3, 0.4) is 0 Å². The molecule has 0 aliphatic carbocycles. The molecule has 0 saturated carbocycles. The van der Waals surface area contributed by atoms with Crippen molar-refractivity contribution in [2.24, 2.45) is 0 Å². The van der Waals surface area contributed by atoms with Crippen LogP contribution in [0.4, 0.5) is 29.3 Å². The topological polar surface area (TPSA) is 128 Å². The number of carbonyl (C=O) groups is 3. The van der Waals surface area contributed by atoms with Gasteiger partial charge in [-0.1, -0.05) is 11.6 Å². The lowest BCUT2D eigenvalue weighted by Crippen LogP contribution is -2.54. The fourth-order valence-corrected chi connectivity index (χ4v) is 4.58. The Morgan fingerprint density at radius 2 is 1.76 bits per heavy atom. The molecule has 10 nitrogen and oxygen atoms in total. The largest absolute Gasteiger partial charge is 0.490 e. The zero-order valence-electron chi connectivity index (χ0n) is 20.6. The van der Waals surface area contributed by atoms with Gasteiger partial charge in [0, 0.05) is 11.1 Å². The first-order valence-corrected chi connectivity index (χ1v) is 12.9. The number of hydrogen-bond donors (Lipinski definition) is 1. The van der Waals surface area contributed by atoms with Gasteiger partial charge in [0.2, 0.25) is 5.75 Å². The number of ether oxygens (including phenoxy) is 2. The second kappa shape index (κ2) is 11.7. The van der Waals surface area contributed by atoms with Crippen LogP contribution in [0.15, 0.2) is 60.2 Å². The van der Waals surface area contributed by atoms with Gasteiger partial charge >= 0.3 is 17.9 Å². The van der Waals surface area contributed by atoms with E-state index >= 15 is 0 Å². The van der Waals surface area contributed by atoms with Crippen molar-refractivity contribution in [3.8, 4) is 17.2 Å². The number of benzene rings is 3. The molecule has 0 spiro atoms. The molecule has 0 aromatic heterocycles. The summed E-state index contributed by atoms with van der Waals surface area (Å²) < 4.78 is 50.8. The van der Waals surface area contributed by atoms with Gasteiger partial charge in [0.1, 0.15) is 5.57 Å². The number of amides is 4. The van der Waals surface area contributed by atoms with E-state index in [2.05, 4.69) is 5.32 Å². The number of anilines is 1. The quantitative estimate of drug-likeness (QED) is 0.0952. The van der Waals surface area contributed by atoms with Crippen LogP contribution in [0.5, 0.6) is 17.2 Å². The molecule has 1 saturated heterocycles.